The van der Waals surface area contributed by atoms with Gasteiger partial charge in [0.05, 0.1) is 17.3 Å². The van der Waals surface area contributed by atoms with Crippen molar-refractivity contribution < 1.29 is 4.79 Å². The van der Waals surface area contributed by atoms with Crippen LogP contribution < -0.4 is 5.32 Å². The largest absolute Gasteiger partial charge is 0.341 e. The number of nitrogens with one attached hydrogen (secondary N) is 1. The lowest BCUT2D eigenvalue weighted by atomic mass is 9.98. The summed E-state index contributed by atoms with van der Waals surface area (Å²) in [5.74, 6) is 0.334. The van der Waals surface area contributed by atoms with Crippen LogP contribution in [0.15, 0.2) is 24.3 Å². The summed E-state index contributed by atoms with van der Waals surface area (Å²) in [5, 5.41) is 8.06. The Morgan fingerprint density at radius 2 is 2.08 bits per heavy atom. The van der Waals surface area contributed by atoms with Gasteiger partial charge in [0, 0.05) is 31.4 Å². The number of rotatable bonds is 4. The van der Waals surface area contributed by atoms with Crippen molar-refractivity contribution in [2.45, 2.75) is 40.2 Å². The Morgan fingerprint density at radius 1 is 1.32 bits per heavy atom. The van der Waals surface area contributed by atoms with Crippen molar-refractivity contribution in [1.82, 2.24) is 20.0 Å². The molecule has 0 saturated carbocycles. The van der Waals surface area contributed by atoms with E-state index in [4.69, 9.17) is 5.10 Å². The van der Waals surface area contributed by atoms with Gasteiger partial charge in [-0.2, -0.15) is 5.10 Å². The van der Waals surface area contributed by atoms with Crippen LogP contribution in [0.4, 0.5) is 0 Å². The second-order valence-electron chi connectivity index (χ2n) is 7.09. The molecular formula is C20H28N4O. The van der Waals surface area contributed by atoms with Crippen LogP contribution in [0.25, 0.3) is 5.69 Å². The fourth-order valence-corrected chi connectivity index (χ4v) is 3.63. The summed E-state index contributed by atoms with van der Waals surface area (Å²) in [6.07, 6.45) is 2.06. The van der Waals surface area contributed by atoms with Crippen LogP contribution in [-0.4, -0.2) is 40.7 Å². The van der Waals surface area contributed by atoms with Gasteiger partial charge < -0.3 is 10.2 Å². The summed E-state index contributed by atoms with van der Waals surface area (Å²) in [5.41, 5.74) is 5.52. The Kier molecular flexibility index (Phi) is 5.23. The zero-order chi connectivity index (χ0) is 18.0. The fraction of sp³-hybridized carbons (Fsp3) is 0.500. The number of benzene rings is 1. The maximum absolute atomic E-state index is 12.7. The van der Waals surface area contributed by atoms with E-state index in [2.05, 4.69) is 31.3 Å². The van der Waals surface area contributed by atoms with Crippen LogP contribution in [0.1, 0.15) is 35.4 Å². The standard InChI is InChI=1S/C20H28N4O/c1-14-8-5-6-10-19(14)24-16(3)18(15(2)22-24)13-23(4)20(25)17-9-7-11-21-12-17/h5-6,8,10,17,21H,7,9,11-13H2,1-4H3. The molecule has 2 heterocycles. The van der Waals surface area contributed by atoms with Crippen LogP contribution in [0, 0.1) is 26.7 Å². The summed E-state index contributed by atoms with van der Waals surface area (Å²) in [4.78, 5) is 14.6. The first-order valence-corrected chi connectivity index (χ1v) is 9.06. The first kappa shape index (κ1) is 17.7. The van der Waals surface area contributed by atoms with Gasteiger partial charge in [-0.15, -0.1) is 0 Å². The lowest BCUT2D eigenvalue weighted by molar-refractivity contribution is -0.135. The number of hydrogen-bond acceptors (Lipinski definition) is 3. The number of carbonyl (C=O) groups is 1. The highest BCUT2D eigenvalue weighted by Crippen LogP contribution is 2.22. The molecule has 1 aromatic carbocycles. The van der Waals surface area contributed by atoms with E-state index in [1.165, 1.54) is 5.56 Å². The summed E-state index contributed by atoms with van der Waals surface area (Å²) in [7, 11) is 1.90. The van der Waals surface area contributed by atoms with Crippen molar-refractivity contribution in [3.8, 4) is 5.69 Å². The maximum atomic E-state index is 12.7. The molecule has 1 N–H and O–H groups in total. The smallest absolute Gasteiger partial charge is 0.227 e. The first-order chi connectivity index (χ1) is 12.0. The third kappa shape index (κ3) is 3.61. The molecule has 1 atom stereocenters. The summed E-state index contributed by atoms with van der Waals surface area (Å²) < 4.78 is 2.00. The number of para-hydroxylation sites is 1. The summed E-state index contributed by atoms with van der Waals surface area (Å²) in [6.45, 7) is 8.63. The van der Waals surface area contributed by atoms with Gasteiger partial charge in [-0.05, 0) is 51.8 Å². The first-order valence-electron chi connectivity index (χ1n) is 9.06. The summed E-state index contributed by atoms with van der Waals surface area (Å²) in [6, 6.07) is 8.25. The van der Waals surface area contributed by atoms with Crippen molar-refractivity contribution in [1.29, 1.82) is 0 Å². The molecule has 134 valence electrons. The Labute approximate surface area is 150 Å². The average Bonchev–Trinajstić information content (AvgIpc) is 2.90. The molecule has 0 spiro atoms. The molecular weight excluding hydrogens is 312 g/mol. The number of piperidine rings is 1. The van der Waals surface area contributed by atoms with Gasteiger partial charge in [-0.1, -0.05) is 18.2 Å². The molecule has 3 rings (SSSR count). The second-order valence-corrected chi connectivity index (χ2v) is 7.09. The highest BCUT2D eigenvalue weighted by Gasteiger charge is 2.25. The molecule has 0 aliphatic carbocycles. The Hall–Kier alpha value is -2.14. The van der Waals surface area contributed by atoms with E-state index in [1.807, 2.05) is 35.7 Å². The lowest BCUT2D eigenvalue weighted by Gasteiger charge is -2.27. The number of aromatic nitrogens is 2. The quantitative estimate of drug-likeness (QED) is 0.931. The molecule has 25 heavy (non-hydrogen) atoms. The van der Waals surface area contributed by atoms with E-state index in [-0.39, 0.29) is 11.8 Å². The number of hydrogen-bond donors (Lipinski definition) is 1. The molecule has 5 heteroatoms. The van der Waals surface area contributed by atoms with E-state index in [1.54, 1.807) is 0 Å². The predicted octanol–water partition coefficient (Wildman–Crippen LogP) is 2.76. The molecule has 1 saturated heterocycles. The highest BCUT2D eigenvalue weighted by atomic mass is 16.2. The second kappa shape index (κ2) is 7.40. The normalized spacial score (nSPS) is 17.5. The van der Waals surface area contributed by atoms with Gasteiger partial charge in [0.2, 0.25) is 5.91 Å². The Morgan fingerprint density at radius 3 is 2.76 bits per heavy atom. The molecule has 1 aromatic heterocycles. The minimum Gasteiger partial charge on any atom is -0.341 e. The molecule has 1 amide bonds. The summed E-state index contributed by atoms with van der Waals surface area (Å²) >= 11 is 0. The van der Waals surface area contributed by atoms with E-state index in [9.17, 15) is 4.79 Å². The minimum atomic E-state index is 0.103. The zero-order valence-corrected chi connectivity index (χ0v) is 15.7. The molecule has 1 aliphatic rings. The molecule has 1 unspecified atom stereocenters. The van der Waals surface area contributed by atoms with Crippen LogP contribution >= 0.6 is 0 Å². The van der Waals surface area contributed by atoms with Crippen molar-refractivity contribution in [3.05, 3.63) is 46.8 Å². The molecule has 1 aliphatic heterocycles. The average molecular weight is 340 g/mol. The van der Waals surface area contributed by atoms with Gasteiger partial charge in [-0.25, -0.2) is 4.68 Å². The van der Waals surface area contributed by atoms with Crippen LogP contribution in [-0.2, 0) is 11.3 Å². The van der Waals surface area contributed by atoms with E-state index < -0.39 is 0 Å². The van der Waals surface area contributed by atoms with Crippen molar-refractivity contribution in [3.63, 3.8) is 0 Å². The maximum Gasteiger partial charge on any atom is 0.227 e. The molecule has 5 nitrogen and oxygen atoms in total. The third-order valence-electron chi connectivity index (χ3n) is 5.20. The zero-order valence-electron chi connectivity index (χ0n) is 15.7. The molecule has 2 aromatic rings. The monoisotopic (exact) mass is 340 g/mol. The highest BCUT2D eigenvalue weighted by molar-refractivity contribution is 5.79. The van der Waals surface area contributed by atoms with Crippen molar-refractivity contribution >= 4 is 5.91 Å². The molecule has 1 fully saturated rings. The van der Waals surface area contributed by atoms with Gasteiger partial charge >= 0.3 is 0 Å². The Balaban J connectivity index is 1.81. The van der Waals surface area contributed by atoms with Crippen LogP contribution in [0.3, 0.4) is 0 Å². The molecule has 0 radical (unpaired) electrons. The number of carbonyl (C=O) groups excluding carboxylic acids is 1. The molecule has 0 bridgehead atoms. The van der Waals surface area contributed by atoms with Crippen molar-refractivity contribution in [2.24, 2.45) is 5.92 Å². The minimum absolute atomic E-state index is 0.103. The van der Waals surface area contributed by atoms with Crippen molar-refractivity contribution in [2.75, 3.05) is 20.1 Å². The lowest BCUT2D eigenvalue weighted by Crippen LogP contribution is -2.41. The Bertz CT molecular complexity index is 759. The SMILES string of the molecule is Cc1ccccc1-n1nc(C)c(CN(C)C(=O)C2CCCNC2)c1C. The van der Waals surface area contributed by atoms with Crippen LogP contribution in [0.2, 0.25) is 0 Å². The van der Waals surface area contributed by atoms with E-state index in [0.29, 0.717) is 6.54 Å². The van der Waals surface area contributed by atoms with E-state index >= 15 is 0 Å². The van der Waals surface area contributed by atoms with Crippen LogP contribution in [0.5, 0.6) is 0 Å². The fourth-order valence-electron chi connectivity index (χ4n) is 3.63. The van der Waals surface area contributed by atoms with E-state index in [0.717, 1.165) is 48.6 Å². The van der Waals surface area contributed by atoms with Gasteiger partial charge in [-0.3, -0.25) is 4.79 Å². The number of nitrogens with zero attached hydrogens (tertiary/aromatic N) is 3. The number of aryl methyl sites for hydroxylation is 2. The van der Waals surface area contributed by atoms with Gasteiger partial charge in [0.25, 0.3) is 0 Å². The van der Waals surface area contributed by atoms with Gasteiger partial charge in [0.15, 0.2) is 0 Å². The third-order valence-corrected chi connectivity index (χ3v) is 5.20. The number of amides is 1. The topological polar surface area (TPSA) is 50.2 Å². The predicted molar refractivity (Wildman–Crippen MR) is 99.8 cm³/mol. The van der Waals surface area contributed by atoms with Gasteiger partial charge in [0.1, 0.15) is 0 Å².